The lowest BCUT2D eigenvalue weighted by molar-refractivity contribution is -0.117. The fourth-order valence-electron chi connectivity index (χ4n) is 3.00. The van der Waals surface area contributed by atoms with Gasteiger partial charge in [0.2, 0.25) is 5.91 Å². The van der Waals surface area contributed by atoms with Crippen LogP contribution >= 0.6 is 0 Å². The third kappa shape index (κ3) is 4.21. The minimum Gasteiger partial charge on any atom is -0.381 e. The van der Waals surface area contributed by atoms with Crippen molar-refractivity contribution in [1.82, 2.24) is 0 Å². The highest BCUT2D eigenvalue weighted by atomic mass is 16.5. The molecule has 0 unspecified atom stereocenters. The van der Waals surface area contributed by atoms with Crippen molar-refractivity contribution in [2.45, 2.75) is 19.3 Å². The molecule has 0 bridgehead atoms. The van der Waals surface area contributed by atoms with E-state index in [1.165, 1.54) is 5.69 Å². The van der Waals surface area contributed by atoms with Crippen LogP contribution < -0.4 is 10.2 Å². The first kappa shape index (κ1) is 15.3. The quantitative estimate of drug-likeness (QED) is 0.927. The molecule has 0 aliphatic carbocycles. The van der Waals surface area contributed by atoms with Crippen molar-refractivity contribution in [1.29, 1.82) is 0 Å². The number of hydrogen-bond acceptors (Lipinski definition) is 4. The van der Waals surface area contributed by atoms with Crippen LogP contribution in [0.15, 0.2) is 24.3 Å². The lowest BCUT2D eigenvalue weighted by Gasteiger charge is -2.29. The van der Waals surface area contributed by atoms with Gasteiger partial charge in [-0.25, -0.2) is 0 Å². The van der Waals surface area contributed by atoms with Crippen molar-refractivity contribution in [2.24, 2.45) is 5.92 Å². The van der Waals surface area contributed by atoms with Crippen LogP contribution in [0, 0.1) is 5.92 Å². The van der Waals surface area contributed by atoms with E-state index in [2.05, 4.69) is 22.3 Å². The van der Waals surface area contributed by atoms with Gasteiger partial charge in [-0.3, -0.25) is 4.79 Å². The maximum Gasteiger partial charge on any atom is 0.224 e. The lowest BCUT2D eigenvalue weighted by Crippen LogP contribution is -2.36. The first-order chi connectivity index (χ1) is 10.8. The summed E-state index contributed by atoms with van der Waals surface area (Å²) in [6, 6.07) is 8.09. The van der Waals surface area contributed by atoms with Gasteiger partial charge in [0.05, 0.1) is 13.2 Å². The Kier molecular flexibility index (Phi) is 5.29. The van der Waals surface area contributed by atoms with Crippen LogP contribution in [0.2, 0.25) is 0 Å². The van der Waals surface area contributed by atoms with Crippen LogP contribution in [0.4, 0.5) is 11.4 Å². The minimum atomic E-state index is 0.103. The molecule has 120 valence electrons. The molecule has 2 aliphatic rings. The Bertz CT molecular complexity index is 477. The number of carbonyl (C=O) groups excluding carboxylic acids is 1. The van der Waals surface area contributed by atoms with Crippen LogP contribution in [0.3, 0.4) is 0 Å². The average Bonchev–Trinajstić information content (AvgIpc) is 2.57. The Balaban J connectivity index is 1.50. The third-order valence-corrected chi connectivity index (χ3v) is 4.34. The number of rotatable bonds is 4. The molecule has 3 rings (SSSR count). The van der Waals surface area contributed by atoms with Crippen LogP contribution in [-0.4, -0.2) is 45.4 Å². The van der Waals surface area contributed by atoms with Crippen molar-refractivity contribution in [3.05, 3.63) is 24.3 Å². The monoisotopic (exact) mass is 304 g/mol. The summed E-state index contributed by atoms with van der Waals surface area (Å²) < 4.78 is 10.7. The summed E-state index contributed by atoms with van der Waals surface area (Å²) >= 11 is 0. The van der Waals surface area contributed by atoms with Gasteiger partial charge in [0.25, 0.3) is 0 Å². The second-order valence-corrected chi connectivity index (χ2v) is 5.95. The highest BCUT2D eigenvalue weighted by molar-refractivity contribution is 5.91. The predicted molar refractivity (Wildman–Crippen MR) is 86.3 cm³/mol. The fourth-order valence-corrected chi connectivity index (χ4v) is 3.00. The Hall–Kier alpha value is -1.59. The van der Waals surface area contributed by atoms with Gasteiger partial charge in [0.15, 0.2) is 0 Å². The van der Waals surface area contributed by atoms with Gasteiger partial charge in [-0.05, 0) is 43.0 Å². The molecule has 2 heterocycles. The van der Waals surface area contributed by atoms with Gasteiger partial charge in [-0.1, -0.05) is 0 Å². The number of carbonyl (C=O) groups is 1. The molecule has 5 nitrogen and oxygen atoms in total. The summed E-state index contributed by atoms with van der Waals surface area (Å²) in [4.78, 5) is 14.4. The first-order valence-electron chi connectivity index (χ1n) is 8.11. The molecule has 2 saturated heterocycles. The fraction of sp³-hybridized carbons (Fsp3) is 0.588. The molecule has 0 radical (unpaired) electrons. The van der Waals surface area contributed by atoms with Gasteiger partial charge in [0, 0.05) is 44.1 Å². The summed E-state index contributed by atoms with van der Waals surface area (Å²) in [5.41, 5.74) is 2.06. The molecule has 22 heavy (non-hydrogen) atoms. The van der Waals surface area contributed by atoms with Crippen LogP contribution in [0.5, 0.6) is 0 Å². The molecule has 2 fully saturated rings. The zero-order valence-electron chi connectivity index (χ0n) is 12.9. The van der Waals surface area contributed by atoms with Crippen molar-refractivity contribution in [3.63, 3.8) is 0 Å². The number of ether oxygens (including phenoxy) is 2. The SMILES string of the molecule is O=C(CC1CCOCC1)Nc1ccc(N2CCOCC2)cc1. The predicted octanol–water partition coefficient (Wildman–Crippen LogP) is 2.28. The Morgan fingerprint density at radius 2 is 1.68 bits per heavy atom. The van der Waals surface area contributed by atoms with E-state index < -0.39 is 0 Å². The number of nitrogens with one attached hydrogen (secondary N) is 1. The second-order valence-electron chi connectivity index (χ2n) is 5.95. The molecular formula is C17H24N2O3. The van der Waals surface area contributed by atoms with E-state index in [-0.39, 0.29) is 5.91 Å². The number of nitrogens with zero attached hydrogens (tertiary/aromatic N) is 1. The topological polar surface area (TPSA) is 50.8 Å². The first-order valence-corrected chi connectivity index (χ1v) is 8.11. The van der Waals surface area contributed by atoms with E-state index in [4.69, 9.17) is 9.47 Å². The number of benzene rings is 1. The van der Waals surface area contributed by atoms with Gasteiger partial charge >= 0.3 is 0 Å². The van der Waals surface area contributed by atoms with Crippen molar-refractivity contribution in [2.75, 3.05) is 49.7 Å². The molecule has 1 N–H and O–H groups in total. The number of morpholine rings is 1. The molecule has 5 heteroatoms. The zero-order chi connectivity index (χ0) is 15.2. The third-order valence-electron chi connectivity index (χ3n) is 4.34. The lowest BCUT2D eigenvalue weighted by atomic mass is 9.96. The van der Waals surface area contributed by atoms with Crippen LogP contribution in [-0.2, 0) is 14.3 Å². The summed E-state index contributed by atoms with van der Waals surface area (Å²) in [5.74, 6) is 0.562. The normalized spacial score (nSPS) is 19.9. The van der Waals surface area contributed by atoms with Gasteiger partial charge in [-0.15, -0.1) is 0 Å². The van der Waals surface area contributed by atoms with Crippen LogP contribution in [0.1, 0.15) is 19.3 Å². The molecule has 1 amide bonds. The molecule has 2 aliphatic heterocycles. The van der Waals surface area contributed by atoms with Crippen LogP contribution in [0.25, 0.3) is 0 Å². The Labute approximate surface area is 131 Å². The van der Waals surface area contributed by atoms with Gasteiger partial charge in [-0.2, -0.15) is 0 Å². The van der Waals surface area contributed by atoms with E-state index in [9.17, 15) is 4.79 Å². The van der Waals surface area contributed by atoms with Crippen molar-refractivity contribution >= 4 is 17.3 Å². The maximum absolute atomic E-state index is 12.1. The van der Waals surface area contributed by atoms with Crippen molar-refractivity contribution < 1.29 is 14.3 Å². The number of hydrogen-bond donors (Lipinski definition) is 1. The smallest absolute Gasteiger partial charge is 0.224 e. The van der Waals surface area contributed by atoms with Gasteiger partial charge < -0.3 is 19.7 Å². The van der Waals surface area contributed by atoms with Gasteiger partial charge in [0.1, 0.15) is 0 Å². The summed E-state index contributed by atoms with van der Waals surface area (Å²) in [6.45, 7) is 4.98. The maximum atomic E-state index is 12.1. The largest absolute Gasteiger partial charge is 0.381 e. The van der Waals surface area contributed by atoms with E-state index >= 15 is 0 Å². The highest BCUT2D eigenvalue weighted by Gasteiger charge is 2.17. The van der Waals surface area contributed by atoms with E-state index in [0.29, 0.717) is 12.3 Å². The summed E-state index contributed by atoms with van der Waals surface area (Å²) in [5, 5.41) is 3.00. The second kappa shape index (κ2) is 7.61. The highest BCUT2D eigenvalue weighted by Crippen LogP contribution is 2.21. The zero-order valence-corrected chi connectivity index (χ0v) is 12.9. The molecule has 1 aromatic rings. The van der Waals surface area contributed by atoms with E-state index in [1.54, 1.807) is 0 Å². The average molecular weight is 304 g/mol. The Morgan fingerprint density at radius 1 is 1.05 bits per heavy atom. The number of anilines is 2. The molecule has 0 aromatic heterocycles. The molecule has 0 atom stereocenters. The summed E-state index contributed by atoms with van der Waals surface area (Å²) in [6.07, 6.45) is 2.57. The molecule has 1 aromatic carbocycles. The number of amides is 1. The van der Waals surface area contributed by atoms with E-state index in [0.717, 1.165) is 58.0 Å². The minimum absolute atomic E-state index is 0.103. The summed E-state index contributed by atoms with van der Waals surface area (Å²) in [7, 11) is 0. The standard InChI is InChI=1S/C17H24N2O3/c20-17(13-14-5-9-21-10-6-14)18-15-1-3-16(4-2-15)19-7-11-22-12-8-19/h1-4,14H,5-13H2,(H,18,20). The molecule has 0 saturated carbocycles. The van der Waals surface area contributed by atoms with Crippen molar-refractivity contribution in [3.8, 4) is 0 Å². The molecular weight excluding hydrogens is 280 g/mol. The van der Waals surface area contributed by atoms with E-state index in [1.807, 2.05) is 12.1 Å². The molecule has 0 spiro atoms. The Morgan fingerprint density at radius 3 is 2.36 bits per heavy atom.